The van der Waals surface area contributed by atoms with Crippen molar-refractivity contribution in [3.63, 3.8) is 0 Å². The Morgan fingerprint density at radius 3 is 2.89 bits per heavy atom. The molecule has 0 bridgehead atoms. The fraction of sp³-hybridized carbons (Fsp3) is 0.417. The van der Waals surface area contributed by atoms with Crippen molar-refractivity contribution >= 4 is 17.4 Å². The molecule has 0 radical (unpaired) electrons. The Morgan fingerprint density at radius 1 is 1.33 bits per heavy atom. The molecule has 0 spiro atoms. The van der Waals surface area contributed by atoms with Gasteiger partial charge in [0.1, 0.15) is 5.82 Å². The van der Waals surface area contributed by atoms with Crippen LogP contribution >= 0.6 is 11.6 Å². The first-order chi connectivity index (χ1) is 8.66. The summed E-state index contributed by atoms with van der Waals surface area (Å²) in [7, 11) is 0. The highest BCUT2D eigenvalue weighted by Gasteiger charge is 2.03. The molecule has 2 rings (SSSR count). The molecule has 0 saturated carbocycles. The largest absolute Gasteiger partial charge is 0.370 e. The van der Waals surface area contributed by atoms with Crippen LogP contribution in [0.5, 0.6) is 0 Å². The monoisotopic (exact) mass is 265 g/mol. The van der Waals surface area contributed by atoms with Crippen molar-refractivity contribution in [3.05, 3.63) is 34.5 Å². The van der Waals surface area contributed by atoms with E-state index < -0.39 is 0 Å². The summed E-state index contributed by atoms with van der Waals surface area (Å²) >= 11 is 5.76. The van der Waals surface area contributed by atoms with Gasteiger partial charge >= 0.3 is 0 Å². The molecule has 96 valence electrons. The van der Waals surface area contributed by atoms with Crippen molar-refractivity contribution in [1.82, 2.24) is 20.2 Å². The van der Waals surface area contributed by atoms with Gasteiger partial charge in [0.2, 0.25) is 5.28 Å². The van der Waals surface area contributed by atoms with Gasteiger partial charge in [0.15, 0.2) is 0 Å². The van der Waals surface area contributed by atoms with Crippen LogP contribution in [0.4, 0.5) is 5.82 Å². The normalized spacial score (nSPS) is 10.6. The molecule has 0 amide bonds. The van der Waals surface area contributed by atoms with Gasteiger partial charge in [-0.1, -0.05) is 0 Å². The third kappa shape index (κ3) is 3.20. The van der Waals surface area contributed by atoms with E-state index in [1.165, 1.54) is 5.56 Å². The average Bonchev–Trinajstić information content (AvgIpc) is 2.75. The molecule has 0 aliphatic rings. The molecule has 18 heavy (non-hydrogen) atoms. The zero-order chi connectivity index (χ0) is 13.0. The van der Waals surface area contributed by atoms with Gasteiger partial charge in [-0.3, -0.25) is 5.10 Å². The maximum absolute atomic E-state index is 5.76. The van der Waals surface area contributed by atoms with E-state index in [-0.39, 0.29) is 5.28 Å². The maximum atomic E-state index is 5.76. The fourth-order valence-electron chi connectivity index (χ4n) is 1.71. The van der Waals surface area contributed by atoms with Crippen LogP contribution in [0.1, 0.15) is 23.2 Å². The van der Waals surface area contributed by atoms with Crippen LogP contribution in [0, 0.1) is 13.8 Å². The molecule has 6 heteroatoms. The molecule has 0 unspecified atom stereocenters. The molecular weight excluding hydrogens is 250 g/mol. The van der Waals surface area contributed by atoms with Gasteiger partial charge in [0.05, 0.1) is 6.20 Å². The van der Waals surface area contributed by atoms with E-state index in [0.717, 1.165) is 36.5 Å². The van der Waals surface area contributed by atoms with Crippen LogP contribution in [-0.2, 0) is 6.42 Å². The van der Waals surface area contributed by atoms with E-state index in [0.29, 0.717) is 0 Å². The average molecular weight is 266 g/mol. The zero-order valence-corrected chi connectivity index (χ0v) is 11.3. The van der Waals surface area contributed by atoms with Gasteiger partial charge in [0.25, 0.3) is 0 Å². The summed E-state index contributed by atoms with van der Waals surface area (Å²) in [6, 6.07) is 0. The first-order valence-corrected chi connectivity index (χ1v) is 6.26. The van der Waals surface area contributed by atoms with E-state index in [1.807, 2.05) is 20.0 Å². The molecule has 2 aromatic rings. The number of aromatic amines is 1. The fourth-order valence-corrected chi connectivity index (χ4v) is 1.85. The topological polar surface area (TPSA) is 66.5 Å². The number of anilines is 1. The zero-order valence-electron chi connectivity index (χ0n) is 10.5. The standard InChI is InChI=1S/C12H16ClN5/c1-8-6-15-12(13)17-11(8)14-5-3-4-10-7-16-18-9(10)2/h6-7H,3-5H2,1-2H3,(H,16,18)(H,14,15,17). The van der Waals surface area contributed by atoms with Crippen LogP contribution in [0.3, 0.4) is 0 Å². The first kappa shape index (κ1) is 12.8. The molecule has 0 fully saturated rings. The Morgan fingerprint density at radius 2 is 2.17 bits per heavy atom. The molecule has 2 heterocycles. The molecule has 0 aromatic carbocycles. The number of hydrogen-bond donors (Lipinski definition) is 2. The van der Waals surface area contributed by atoms with Crippen molar-refractivity contribution in [2.45, 2.75) is 26.7 Å². The van der Waals surface area contributed by atoms with E-state index in [4.69, 9.17) is 11.6 Å². The molecule has 0 aliphatic carbocycles. The van der Waals surface area contributed by atoms with Crippen LogP contribution in [0.25, 0.3) is 0 Å². The highest BCUT2D eigenvalue weighted by Crippen LogP contribution is 2.13. The third-order valence-electron chi connectivity index (χ3n) is 2.79. The molecule has 2 N–H and O–H groups in total. The van der Waals surface area contributed by atoms with Crippen molar-refractivity contribution in [2.75, 3.05) is 11.9 Å². The van der Waals surface area contributed by atoms with Crippen molar-refractivity contribution in [3.8, 4) is 0 Å². The number of halogens is 1. The van der Waals surface area contributed by atoms with Crippen molar-refractivity contribution in [2.24, 2.45) is 0 Å². The lowest BCUT2D eigenvalue weighted by Gasteiger charge is -2.07. The Bertz CT molecular complexity index is 523. The number of nitrogens with one attached hydrogen (secondary N) is 2. The van der Waals surface area contributed by atoms with Crippen LogP contribution in [0.15, 0.2) is 12.4 Å². The summed E-state index contributed by atoms with van der Waals surface area (Å²) in [5, 5.41) is 10.5. The summed E-state index contributed by atoms with van der Waals surface area (Å²) in [6.07, 6.45) is 5.61. The highest BCUT2D eigenvalue weighted by molar-refractivity contribution is 6.28. The third-order valence-corrected chi connectivity index (χ3v) is 2.97. The van der Waals surface area contributed by atoms with E-state index in [2.05, 4.69) is 25.5 Å². The maximum Gasteiger partial charge on any atom is 0.224 e. The highest BCUT2D eigenvalue weighted by atomic mass is 35.5. The second-order valence-electron chi connectivity index (χ2n) is 4.22. The molecule has 2 aromatic heterocycles. The lowest BCUT2D eigenvalue weighted by molar-refractivity contribution is 0.851. The number of hydrogen-bond acceptors (Lipinski definition) is 4. The Kier molecular flexibility index (Phi) is 4.15. The Labute approximate surface area is 111 Å². The molecular formula is C12H16ClN5. The van der Waals surface area contributed by atoms with Gasteiger partial charge < -0.3 is 5.32 Å². The quantitative estimate of drug-likeness (QED) is 0.644. The minimum Gasteiger partial charge on any atom is -0.370 e. The van der Waals surface area contributed by atoms with Gasteiger partial charge in [0, 0.05) is 24.0 Å². The number of H-pyrrole nitrogens is 1. The Balaban J connectivity index is 1.82. The van der Waals surface area contributed by atoms with E-state index in [1.54, 1.807) is 6.20 Å². The summed E-state index contributed by atoms with van der Waals surface area (Å²) in [4.78, 5) is 8.07. The molecule has 0 aliphatic heterocycles. The SMILES string of the molecule is Cc1cnc(Cl)nc1NCCCc1cn[nH]c1C. The van der Waals surface area contributed by atoms with Crippen molar-refractivity contribution in [1.29, 1.82) is 0 Å². The summed E-state index contributed by atoms with van der Waals surface area (Å²) in [5.74, 6) is 0.805. The summed E-state index contributed by atoms with van der Waals surface area (Å²) in [5.41, 5.74) is 3.39. The molecule has 0 saturated heterocycles. The van der Waals surface area contributed by atoms with Gasteiger partial charge in [-0.05, 0) is 43.9 Å². The first-order valence-electron chi connectivity index (χ1n) is 5.88. The second kappa shape index (κ2) is 5.82. The lowest BCUT2D eigenvalue weighted by Crippen LogP contribution is -2.07. The smallest absolute Gasteiger partial charge is 0.224 e. The minimum atomic E-state index is 0.272. The molecule has 5 nitrogen and oxygen atoms in total. The number of nitrogens with zero attached hydrogens (tertiary/aromatic N) is 3. The minimum absolute atomic E-state index is 0.272. The second-order valence-corrected chi connectivity index (χ2v) is 4.56. The van der Waals surface area contributed by atoms with Crippen LogP contribution in [0.2, 0.25) is 5.28 Å². The predicted octanol–water partition coefficient (Wildman–Crippen LogP) is 2.51. The number of rotatable bonds is 5. The number of aryl methyl sites for hydroxylation is 3. The Hall–Kier alpha value is -1.62. The summed E-state index contributed by atoms with van der Waals surface area (Å²) < 4.78 is 0. The predicted molar refractivity (Wildman–Crippen MR) is 71.9 cm³/mol. The van der Waals surface area contributed by atoms with Crippen LogP contribution < -0.4 is 5.32 Å². The molecule has 0 atom stereocenters. The van der Waals surface area contributed by atoms with E-state index >= 15 is 0 Å². The van der Waals surface area contributed by atoms with Gasteiger partial charge in [-0.15, -0.1) is 0 Å². The number of aromatic nitrogens is 4. The van der Waals surface area contributed by atoms with Crippen molar-refractivity contribution < 1.29 is 0 Å². The lowest BCUT2D eigenvalue weighted by atomic mass is 10.1. The van der Waals surface area contributed by atoms with Gasteiger partial charge in [-0.25, -0.2) is 9.97 Å². The van der Waals surface area contributed by atoms with E-state index in [9.17, 15) is 0 Å². The summed E-state index contributed by atoms with van der Waals surface area (Å²) in [6.45, 7) is 4.84. The van der Waals surface area contributed by atoms with Crippen LogP contribution in [-0.4, -0.2) is 26.7 Å². The van der Waals surface area contributed by atoms with Gasteiger partial charge in [-0.2, -0.15) is 5.10 Å².